The number of anilines is 2. The molecule has 6 nitrogen and oxygen atoms in total. The monoisotopic (exact) mass is 416 g/mol. The van der Waals surface area contributed by atoms with E-state index in [0.29, 0.717) is 6.07 Å². The molecule has 0 aliphatic carbocycles. The third kappa shape index (κ3) is 4.94. The summed E-state index contributed by atoms with van der Waals surface area (Å²) in [6.07, 6.45) is 2.10. The number of carbonyl (C=O) groups is 2. The number of halogens is 2. The Morgan fingerprint density at radius 2 is 1.90 bits per heavy atom. The molecule has 0 unspecified atom stereocenters. The summed E-state index contributed by atoms with van der Waals surface area (Å²) >= 11 is 0. The van der Waals surface area contributed by atoms with Crippen LogP contribution in [0.2, 0.25) is 0 Å². The summed E-state index contributed by atoms with van der Waals surface area (Å²) in [6.45, 7) is 1.24. The predicted molar refractivity (Wildman–Crippen MR) is 112 cm³/mol. The Kier molecular flexibility index (Phi) is 6.66. The van der Waals surface area contributed by atoms with Crippen molar-refractivity contribution < 1.29 is 18.4 Å². The highest BCUT2D eigenvalue weighted by Gasteiger charge is 2.22. The van der Waals surface area contributed by atoms with Gasteiger partial charge in [-0.2, -0.15) is 0 Å². The number of carbonyl (C=O) groups excluding carboxylic acids is 2. The molecule has 1 atom stereocenters. The number of hydrogen-bond donors (Lipinski definition) is 2. The molecule has 30 heavy (non-hydrogen) atoms. The van der Waals surface area contributed by atoms with Gasteiger partial charge in [-0.1, -0.05) is 12.1 Å². The molecule has 0 spiro atoms. The molecule has 0 saturated heterocycles. The fourth-order valence-electron chi connectivity index (χ4n) is 3.65. The van der Waals surface area contributed by atoms with E-state index in [1.165, 1.54) is 11.3 Å². The van der Waals surface area contributed by atoms with Crippen molar-refractivity contribution in [3.63, 3.8) is 0 Å². The van der Waals surface area contributed by atoms with Crippen LogP contribution in [0.1, 0.15) is 23.6 Å². The lowest BCUT2D eigenvalue weighted by Gasteiger charge is -2.30. The van der Waals surface area contributed by atoms with Crippen LogP contribution in [0.15, 0.2) is 36.4 Å². The number of nitrogens with one attached hydrogen (secondary N) is 2. The standard InChI is InChI=1S/C22H26F2N4O2/c1-27(2)20(15-6-9-19-14(11-15)5-4-10-28(19)3)13-25-21(29)22(30)26-18-8-7-16(23)12-17(18)24/h6-9,11-12,20H,4-5,10,13H2,1-3H3,(H,25,29)(H,26,30)/t20-/m1/s1. The Hall–Kier alpha value is -3.00. The van der Waals surface area contributed by atoms with Crippen LogP contribution in [0.3, 0.4) is 0 Å². The minimum atomic E-state index is -1.01. The number of likely N-dealkylation sites (N-methyl/N-ethyl adjacent to an activating group) is 1. The van der Waals surface area contributed by atoms with Gasteiger partial charge in [0, 0.05) is 31.9 Å². The van der Waals surface area contributed by atoms with Gasteiger partial charge in [0.2, 0.25) is 0 Å². The molecule has 2 aromatic rings. The quantitative estimate of drug-likeness (QED) is 0.736. The third-order valence-corrected chi connectivity index (χ3v) is 5.30. The molecule has 3 rings (SSSR count). The molecule has 0 bridgehead atoms. The highest BCUT2D eigenvalue weighted by atomic mass is 19.1. The molecule has 2 aromatic carbocycles. The number of aryl methyl sites for hydroxylation is 1. The van der Waals surface area contributed by atoms with E-state index in [2.05, 4.69) is 34.7 Å². The summed E-state index contributed by atoms with van der Waals surface area (Å²) in [5.41, 5.74) is 3.27. The number of nitrogens with zero attached hydrogens (tertiary/aromatic N) is 2. The Morgan fingerprint density at radius 3 is 2.60 bits per heavy atom. The van der Waals surface area contributed by atoms with E-state index in [0.717, 1.165) is 37.1 Å². The molecule has 8 heteroatoms. The van der Waals surface area contributed by atoms with Crippen molar-refractivity contribution in [2.24, 2.45) is 0 Å². The topological polar surface area (TPSA) is 64.7 Å². The van der Waals surface area contributed by atoms with E-state index in [1.54, 1.807) is 0 Å². The molecule has 1 aliphatic heterocycles. The normalized spacial score (nSPS) is 14.3. The average molecular weight is 416 g/mol. The predicted octanol–water partition coefficient (Wildman–Crippen LogP) is 2.70. The highest BCUT2D eigenvalue weighted by Crippen LogP contribution is 2.29. The van der Waals surface area contributed by atoms with Crippen molar-refractivity contribution in [1.29, 1.82) is 0 Å². The van der Waals surface area contributed by atoms with Crippen LogP contribution in [0.5, 0.6) is 0 Å². The molecular formula is C22H26F2N4O2. The minimum Gasteiger partial charge on any atom is -0.374 e. The van der Waals surface area contributed by atoms with E-state index in [1.807, 2.05) is 25.1 Å². The summed E-state index contributed by atoms with van der Waals surface area (Å²) in [4.78, 5) is 28.5. The number of hydrogen-bond acceptors (Lipinski definition) is 4. The van der Waals surface area contributed by atoms with Crippen LogP contribution in [0.25, 0.3) is 0 Å². The maximum atomic E-state index is 13.7. The molecule has 0 fully saturated rings. The van der Waals surface area contributed by atoms with Gasteiger partial charge in [0.15, 0.2) is 0 Å². The van der Waals surface area contributed by atoms with Crippen LogP contribution in [0, 0.1) is 11.6 Å². The molecule has 1 aliphatic rings. The lowest BCUT2D eigenvalue weighted by atomic mass is 9.96. The largest absolute Gasteiger partial charge is 0.374 e. The summed E-state index contributed by atoms with van der Waals surface area (Å²) in [5, 5.41) is 4.77. The van der Waals surface area contributed by atoms with Gasteiger partial charge in [-0.25, -0.2) is 8.78 Å². The van der Waals surface area contributed by atoms with Gasteiger partial charge in [-0.05, 0) is 56.3 Å². The fraction of sp³-hybridized carbons (Fsp3) is 0.364. The third-order valence-electron chi connectivity index (χ3n) is 5.30. The first kappa shape index (κ1) is 21.7. The zero-order chi connectivity index (χ0) is 21.8. The summed E-state index contributed by atoms with van der Waals surface area (Å²) < 4.78 is 26.7. The summed E-state index contributed by atoms with van der Waals surface area (Å²) in [5.74, 6) is -3.60. The molecule has 2 amide bonds. The van der Waals surface area contributed by atoms with Crippen LogP contribution in [0.4, 0.5) is 20.2 Å². The van der Waals surface area contributed by atoms with E-state index < -0.39 is 23.4 Å². The Labute approximate surface area is 174 Å². The second-order valence-electron chi connectivity index (χ2n) is 7.68. The van der Waals surface area contributed by atoms with Gasteiger partial charge in [0.25, 0.3) is 0 Å². The molecule has 160 valence electrons. The number of benzene rings is 2. The molecule has 1 heterocycles. The summed E-state index contributed by atoms with van der Waals surface area (Å²) in [7, 11) is 5.87. The smallest absolute Gasteiger partial charge is 0.313 e. The number of fused-ring (bicyclic) bond motifs is 1. The zero-order valence-electron chi connectivity index (χ0n) is 17.3. The van der Waals surface area contributed by atoms with E-state index in [9.17, 15) is 18.4 Å². The van der Waals surface area contributed by atoms with Crippen molar-refractivity contribution in [3.05, 3.63) is 59.2 Å². The SMILES string of the molecule is CN1CCCc2cc([C@@H](CNC(=O)C(=O)Nc3ccc(F)cc3F)N(C)C)ccc21. The van der Waals surface area contributed by atoms with Crippen LogP contribution >= 0.6 is 0 Å². The maximum Gasteiger partial charge on any atom is 0.313 e. The zero-order valence-corrected chi connectivity index (χ0v) is 17.3. The Balaban J connectivity index is 1.66. The van der Waals surface area contributed by atoms with Gasteiger partial charge >= 0.3 is 11.8 Å². The van der Waals surface area contributed by atoms with Crippen molar-refractivity contribution in [2.45, 2.75) is 18.9 Å². The van der Waals surface area contributed by atoms with Crippen molar-refractivity contribution in [2.75, 3.05) is 44.4 Å². The van der Waals surface area contributed by atoms with Crippen molar-refractivity contribution >= 4 is 23.2 Å². The first-order valence-electron chi connectivity index (χ1n) is 9.81. The van der Waals surface area contributed by atoms with Gasteiger partial charge < -0.3 is 20.4 Å². The van der Waals surface area contributed by atoms with Gasteiger partial charge in [0.05, 0.1) is 11.7 Å². The first-order valence-corrected chi connectivity index (χ1v) is 9.81. The van der Waals surface area contributed by atoms with Crippen molar-refractivity contribution in [3.8, 4) is 0 Å². The second kappa shape index (κ2) is 9.21. The lowest BCUT2D eigenvalue weighted by Crippen LogP contribution is -2.40. The van der Waals surface area contributed by atoms with Crippen LogP contribution < -0.4 is 15.5 Å². The number of amides is 2. The molecule has 0 saturated carbocycles. The van der Waals surface area contributed by atoms with Gasteiger partial charge in [-0.15, -0.1) is 0 Å². The Morgan fingerprint density at radius 1 is 1.13 bits per heavy atom. The van der Waals surface area contributed by atoms with Gasteiger partial charge in [-0.3, -0.25) is 9.59 Å². The fourth-order valence-corrected chi connectivity index (χ4v) is 3.65. The highest BCUT2D eigenvalue weighted by molar-refractivity contribution is 6.39. The number of rotatable bonds is 5. The van der Waals surface area contributed by atoms with Crippen LogP contribution in [-0.2, 0) is 16.0 Å². The molecule has 0 radical (unpaired) electrons. The minimum absolute atomic E-state index is 0.137. The first-order chi connectivity index (χ1) is 14.3. The van der Waals surface area contributed by atoms with Gasteiger partial charge in [0.1, 0.15) is 11.6 Å². The average Bonchev–Trinajstić information content (AvgIpc) is 2.70. The van der Waals surface area contributed by atoms with Crippen molar-refractivity contribution in [1.82, 2.24) is 10.2 Å². The van der Waals surface area contributed by atoms with Crippen LogP contribution in [-0.4, -0.2) is 50.9 Å². The molecule has 0 aromatic heterocycles. The van der Waals surface area contributed by atoms with E-state index >= 15 is 0 Å². The second-order valence-corrected chi connectivity index (χ2v) is 7.68. The Bertz CT molecular complexity index is 949. The lowest BCUT2D eigenvalue weighted by molar-refractivity contribution is -0.136. The molecule has 2 N–H and O–H groups in total. The summed E-state index contributed by atoms with van der Waals surface area (Å²) in [6, 6.07) is 8.85. The maximum absolute atomic E-state index is 13.7. The molecular weight excluding hydrogens is 390 g/mol. The van der Waals surface area contributed by atoms with E-state index in [4.69, 9.17) is 0 Å². The van der Waals surface area contributed by atoms with E-state index in [-0.39, 0.29) is 18.3 Å².